The highest BCUT2D eigenvalue weighted by Gasteiger charge is 2.34. The predicted octanol–water partition coefficient (Wildman–Crippen LogP) is 4.00. The highest BCUT2D eigenvalue weighted by Crippen LogP contribution is 2.22. The number of halogens is 1. The van der Waals surface area contributed by atoms with Gasteiger partial charge in [-0.1, -0.05) is 30.9 Å². The summed E-state index contributed by atoms with van der Waals surface area (Å²) < 4.78 is 13.0. The van der Waals surface area contributed by atoms with E-state index in [-0.39, 0.29) is 11.8 Å². The van der Waals surface area contributed by atoms with Crippen molar-refractivity contribution in [2.45, 2.75) is 26.2 Å². The molecule has 2 amide bonds. The molecule has 8 nitrogen and oxygen atoms in total. The second-order valence-electron chi connectivity index (χ2n) is 7.59. The number of carbonyl (C=O) groups excluding carboxylic acids is 2. The zero-order valence-electron chi connectivity index (χ0n) is 18.6. The monoisotopic (exact) mass is 458 g/mol. The van der Waals surface area contributed by atoms with Gasteiger partial charge in [0.15, 0.2) is 0 Å². The van der Waals surface area contributed by atoms with E-state index >= 15 is 0 Å². The van der Waals surface area contributed by atoms with Gasteiger partial charge < -0.3 is 10.6 Å². The Balaban J connectivity index is 1.38. The van der Waals surface area contributed by atoms with Gasteiger partial charge in [0.05, 0.1) is 34.8 Å². The molecule has 0 spiro atoms. The van der Waals surface area contributed by atoms with Crippen molar-refractivity contribution >= 4 is 29.3 Å². The third kappa shape index (κ3) is 5.18. The van der Waals surface area contributed by atoms with Crippen molar-refractivity contribution in [3.05, 3.63) is 71.4 Å². The Labute approximate surface area is 196 Å². The molecule has 2 aromatic heterocycles. The standard InChI is InChI=1S/C25H23FN6O2/c1-2-13-27-22-17(15-29-25(31-22)30-18-11-12-21(26)28-16-18)8-4-3-7-14-32-23(33)19-9-5-6-10-20(19)24(32)34/h5-6,9-12,15-16H,2-3,7,13-14H2,1H3,(H2,27,29,30,31). The molecule has 1 aliphatic heterocycles. The zero-order chi connectivity index (χ0) is 23.9. The summed E-state index contributed by atoms with van der Waals surface area (Å²) in [6.07, 6.45) is 4.94. The molecule has 0 unspecified atom stereocenters. The fourth-order valence-corrected chi connectivity index (χ4v) is 3.42. The molecule has 0 radical (unpaired) electrons. The molecule has 0 aliphatic carbocycles. The van der Waals surface area contributed by atoms with Gasteiger partial charge in [-0.15, -0.1) is 0 Å². The summed E-state index contributed by atoms with van der Waals surface area (Å²) in [5.41, 5.74) is 2.10. The molecule has 0 saturated carbocycles. The highest BCUT2D eigenvalue weighted by molar-refractivity contribution is 6.21. The second kappa shape index (κ2) is 10.5. The van der Waals surface area contributed by atoms with E-state index in [4.69, 9.17) is 0 Å². The van der Waals surface area contributed by atoms with Gasteiger partial charge in [-0.2, -0.15) is 9.37 Å². The average molecular weight is 458 g/mol. The molecule has 1 aliphatic rings. The number of anilines is 3. The topological polar surface area (TPSA) is 100 Å². The number of rotatable bonds is 8. The number of nitrogens with one attached hydrogen (secondary N) is 2. The Hall–Kier alpha value is -4.32. The van der Waals surface area contributed by atoms with Crippen LogP contribution in [0.25, 0.3) is 0 Å². The molecule has 1 aromatic carbocycles. The van der Waals surface area contributed by atoms with Crippen LogP contribution in [0.15, 0.2) is 48.8 Å². The molecule has 4 rings (SSSR count). The maximum Gasteiger partial charge on any atom is 0.261 e. The summed E-state index contributed by atoms with van der Waals surface area (Å²) >= 11 is 0. The molecule has 3 heterocycles. The molecule has 9 heteroatoms. The smallest absolute Gasteiger partial charge is 0.261 e. The van der Waals surface area contributed by atoms with Crippen LogP contribution in [0.1, 0.15) is 52.5 Å². The fourth-order valence-electron chi connectivity index (χ4n) is 3.42. The molecule has 0 saturated heterocycles. The van der Waals surface area contributed by atoms with Crippen molar-refractivity contribution < 1.29 is 14.0 Å². The third-order valence-corrected chi connectivity index (χ3v) is 5.10. The number of nitrogens with zero attached hydrogens (tertiary/aromatic N) is 4. The summed E-state index contributed by atoms with van der Waals surface area (Å²) in [6.45, 7) is 3.07. The molecule has 34 heavy (non-hydrogen) atoms. The first kappa shape index (κ1) is 22.9. The lowest BCUT2D eigenvalue weighted by Gasteiger charge is -2.12. The van der Waals surface area contributed by atoms with Crippen LogP contribution in [0.2, 0.25) is 0 Å². The lowest BCUT2D eigenvalue weighted by atomic mass is 10.1. The largest absolute Gasteiger partial charge is 0.369 e. The maximum atomic E-state index is 13.0. The Bertz CT molecular complexity index is 1230. The van der Waals surface area contributed by atoms with Gasteiger partial charge in [-0.3, -0.25) is 14.5 Å². The van der Waals surface area contributed by atoms with Crippen molar-refractivity contribution in [3.8, 4) is 11.8 Å². The van der Waals surface area contributed by atoms with Crippen molar-refractivity contribution in [1.29, 1.82) is 0 Å². The highest BCUT2D eigenvalue weighted by atomic mass is 19.1. The Kier molecular flexibility index (Phi) is 7.08. The van der Waals surface area contributed by atoms with Crippen LogP contribution in [0.5, 0.6) is 0 Å². The number of amides is 2. The van der Waals surface area contributed by atoms with Gasteiger partial charge in [0, 0.05) is 19.5 Å². The molecule has 0 fully saturated rings. The van der Waals surface area contributed by atoms with Crippen LogP contribution in [0.4, 0.5) is 21.8 Å². The van der Waals surface area contributed by atoms with E-state index < -0.39 is 5.95 Å². The maximum absolute atomic E-state index is 13.0. The van der Waals surface area contributed by atoms with E-state index in [1.54, 1.807) is 36.5 Å². The molecule has 0 atom stereocenters. The lowest BCUT2D eigenvalue weighted by molar-refractivity contribution is 0.0653. The Morgan fingerprint density at radius 2 is 1.79 bits per heavy atom. The number of hydrogen-bond donors (Lipinski definition) is 2. The molecule has 172 valence electrons. The normalized spacial score (nSPS) is 12.2. The molecular formula is C25H23FN6O2. The average Bonchev–Trinajstić information content (AvgIpc) is 3.09. The molecule has 2 N–H and O–H groups in total. The number of pyridine rings is 1. The van der Waals surface area contributed by atoms with Gasteiger partial charge in [-0.05, 0) is 37.1 Å². The van der Waals surface area contributed by atoms with Crippen LogP contribution in [0.3, 0.4) is 0 Å². The third-order valence-electron chi connectivity index (χ3n) is 5.10. The number of benzene rings is 1. The van der Waals surface area contributed by atoms with Crippen molar-refractivity contribution in [1.82, 2.24) is 19.9 Å². The molecule has 0 bridgehead atoms. The fraction of sp³-hybridized carbons (Fsp3) is 0.240. The number of imide groups is 1. The van der Waals surface area contributed by atoms with E-state index in [9.17, 15) is 14.0 Å². The van der Waals surface area contributed by atoms with Crippen molar-refractivity contribution in [2.24, 2.45) is 0 Å². The van der Waals surface area contributed by atoms with E-state index in [1.807, 2.05) is 6.92 Å². The minimum Gasteiger partial charge on any atom is -0.369 e. The van der Waals surface area contributed by atoms with Crippen molar-refractivity contribution in [2.75, 3.05) is 23.7 Å². The lowest BCUT2D eigenvalue weighted by Crippen LogP contribution is -2.30. The Morgan fingerprint density at radius 3 is 2.47 bits per heavy atom. The number of carbonyl (C=O) groups is 2. The van der Waals surface area contributed by atoms with Gasteiger partial charge in [0.25, 0.3) is 11.8 Å². The number of unbranched alkanes of at least 4 members (excludes halogenated alkanes) is 1. The van der Waals surface area contributed by atoms with Crippen LogP contribution in [-0.4, -0.2) is 44.8 Å². The van der Waals surface area contributed by atoms with Crippen LogP contribution in [0, 0.1) is 17.8 Å². The molecule has 3 aromatic rings. The Morgan fingerprint density at radius 1 is 1.03 bits per heavy atom. The van der Waals surface area contributed by atoms with E-state index in [0.717, 1.165) is 6.42 Å². The number of hydrogen-bond acceptors (Lipinski definition) is 7. The summed E-state index contributed by atoms with van der Waals surface area (Å²) in [6, 6.07) is 9.65. The van der Waals surface area contributed by atoms with Gasteiger partial charge in [0.1, 0.15) is 5.82 Å². The number of aromatic nitrogens is 3. The zero-order valence-corrected chi connectivity index (χ0v) is 18.6. The summed E-state index contributed by atoms with van der Waals surface area (Å²) in [7, 11) is 0. The second-order valence-corrected chi connectivity index (χ2v) is 7.59. The first-order chi connectivity index (χ1) is 16.6. The predicted molar refractivity (Wildman–Crippen MR) is 126 cm³/mol. The van der Waals surface area contributed by atoms with Gasteiger partial charge >= 0.3 is 0 Å². The minimum atomic E-state index is -0.564. The van der Waals surface area contributed by atoms with Gasteiger partial charge in [-0.25, -0.2) is 9.97 Å². The van der Waals surface area contributed by atoms with E-state index in [1.165, 1.54) is 17.2 Å². The van der Waals surface area contributed by atoms with Crippen LogP contribution >= 0.6 is 0 Å². The first-order valence-corrected chi connectivity index (χ1v) is 11.0. The first-order valence-electron chi connectivity index (χ1n) is 11.0. The SMILES string of the molecule is CCCNc1nc(Nc2ccc(F)nc2)ncc1C#CCCCN1C(=O)c2ccccc2C1=O. The van der Waals surface area contributed by atoms with Gasteiger partial charge in [0.2, 0.25) is 11.9 Å². The number of fused-ring (bicyclic) bond motifs is 1. The summed E-state index contributed by atoms with van der Waals surface area (Å²) in [5.74, 6) is 5.99. The quantitative estimate of drug-likeness (QED) is 0.228. The van der Waals surface area contributed by atoms with Crippen molar-refractivity contribution in [3.63, 3.8) is 0 Å². The molecular weight excluding hydrogens is 435 g/mol. The van der Waals surface area contributed by atoms with E-state index in [2.05, 4.69) is 37.4 Å². The van der Waals surface area contributed by atoms with Crippen LogP contribution in [-0.2, 0) is 0 Å². The minimum absolute atomic E-state index is 0.257. The summed E-state index contributed by atoms with van der Waals surface area (Å²) in [5, 5.41) is 6.23. The summed E-state index contributed by atoms with van der Waals surface area (Å²) in [4.78, 5) is 38.5. The van der Waals surface area contributed by atoms with Crippen LogP contribution < -0.4 is 10.6 Å². The van der Waals surface area contributed by atoms with E-state index in [0.29, 0.717) is 60.1 Å².